The molecule has 2 heterocycles. The van der Waals surface area contributed by atoms with Crippen LogP contribution in [0.2, 0.25) is 0 Å². The van der Waals surface area contributed by atoms with E-state index in [1.54, 1.807) is 0 Å². The number of nitrogens with one attached hydrogen (secondary N) is 1. The summed E-state index contributed by atoms with van der Waals surface area (Å²) in [6.07, 6.45) is 11.2. The normalized spacial score (nSPS) is 36.1. The second kappa shape index (κ2) is 9.19. The summed E-state index contributed by atoms with van der Waals surface area (Å²) in [6.45, 7) is 4.46. The SMILES string of the molecule is CCC1CC2CC(C)(CC(=O)N3C(C#N)CC4CC43)CC(OC(=O)CCc3c[nH]c4ccccc34)(C1)C2. The van der Waals surface area contributed by atoms with Gasteiger partial charge in [-0.05, 0) is 86.2 Å². The van der Waals surface area contributed by atoms with Crippen molar-refractivity contribution in [3.8, 4) is 6.07 Å². The van der Waals surface area contributed by atoms with E-state index in [0.717, 1.165) is 67.8 Å². The summed E-state index contributed by atoms with van der Waals surface area (Å²) < 4.78 is 6.44. The molecule has 7 atom stereocenters. The molecule has 4 fully saturated rings. The number of rotatable bonds is 7. The molecule has 1 N–H and O–H groups in total. The van der Waals surface area contributed by atoms with Crippen molar-refractivity contribution in [2.45, 2.75) is 102 Å². The minimum atomic E-state index is -0.476. The first-order chi connectivity index (χ1) is 17.8. The molecule has 4 aliphatic rings. The first-order valence-electron chi connectivity index (χ1n) is 14.3. The van der Waals surface area contributed by atoms with Crippen molar-refractivity contribution in [2.24, 2.45) is 23.2 Å². The molecule has 6 rings (SSSR count). The zero-order chi connectivity index (χ0) is 25.8. The Hall–Kier alpha value is -2.81. The van der Waals surface area contributed by atoms with Crippen LogP contribution in [0.3, 0.4) is 0 Å². The number of aromatic nitrogens is 1. The number of benzene rings is 1. The van der Waals surface area contributed by atoms with Gasteiger partial charge in [-0.1, -0.05) is 38.5 Å². The second-order valence-corrected chi connectivity index (χ2v) is 12.9. The Labute approximate surface area is 219 Å². The summed E-state index contributed by atoms with van der Waals surface area (Å²) in [7, 11) is 0. The van der Waals surface area contributed by atoms with Crippen LogP contribution in [0.1, 0.15) is 83.6 Å². The highest BCUT2D eigenvalue weighted by atomic mass is 16.6. The number of aryl methyl sites for hydroxylation is 1. The van der Waals surface area contributed by atoms with Crippen LogP contribution in [0.4, 0.5) is 0 Å². The highest BCUT2D eigenvalue weighted by Gasteiger charge is 2.57. The van der Waals surface area contributed by atoms with Crippen LogP contribution in [-0.4, -0.2) is 39.4 Å². The van der Waals surface area contributed by atoms with Crippen LogP contribution in [0.15, 0.2) is 30.5 Å². The number of carbonyl (C=O) groups excluding carboxylic acids is 2. The van der Waals surface area contributed by atoms with Gasteiger partial charge >= 0.3 is 5.97 Å². The molecule has 196 valence electrons. The molecule has 0 spiro atoms. The predicted octanol–water partition coefficient (Wildman–Crippen LogP) is 5.91. The molecule has 3 aliphatic carbocycles. The zero-order valence-corrected chi connectivity index (χ0v) is 22.2. The van der Waals surface area contributed by atoms with Gasteiger partial charge in [0.2, 0.25) is 5.91 Å². The molecule has 1 aliphatic heterocycles. The maximum absolute atomic E-state index is 13.5. The number of carbonyl (C=O) groups is 2. The van der Waals surface area contributed by atoms with E-state index in [4.69, 9.17) is 4.74 Å². The van der Waals surface area contributed by atoms with E-state index in [1.165, 1.54) is 0 Å². The zero-order valence-electron chi connectivity index (χ0n) is 22.2. The number of hydrogen-bond donors (Lipinski definition) is 1. The number of piperidine rings is 1. The number of hydrogen-bond acceptors (Lipinski definition) is 4. The van der Waals surface area contributed by atoms with Gasteiger partial charge in [-0.15, -0.1) is 0 Å². The smallest absolute Gasteiger partial charge is 0.306 e. The molecule has 1 saturated heterocycles. The van der Waals surface area contributed by atoms with Crippen molar-refractivity contribution in [3.63, 3.8) is 0 Å². The lowest BCUT2D eigenvalue weighted by Gasteiger charge is -2.54. The summed E-state index contributed by atoms with van der Waals surface area (Å²) in [5.74, 6) is 1.58. The van der Waals surface area contributed by atoms with Crippen LogP contribution in [0, 0.1) is 34.5 Å². The second-order valence-electron chi connectivity index (χ2n) is 12.9. The molecular formula is C31H39N3O3. The third kappa shape index (κ3) is 4.67. The highest BCUT2D eigenvalue weighted by molar-refractivity contribution is 5.83. The molecule has 2 bridgehead atoms. The third-order valence-electron chi connectivity index (χ3n) is 9.82. The van der Waals surface area contributed by atoms with E-state index in [1.807, 2.05) is 23.2 Å². The Morgan fingerprint density at radius 1 is 1.19 bits per heavy atom. The Morgan fingerprint density at radius 2 is 2.03 bits per heavy atom. The van der Waals surface area contributed by atoms with E-state index >= 15 is 0 Å². The minimum absolute atomic E-state index is 0.124. The fraction of sp³-hybridized carbons (Fsp3) is 0.645. The van der Waals surface area contributed by atoms with Gasteiger partial charge in [0.05, 0.1) is 6.07 Å². The molecular weight excluding hydrogens is 462 g/mol. The van der Waals surface area contributed by atoms with E-state index in [9.17, 15) is 14.9 Å². The molecule has 1 aromatic carbocycles. The number of amides is 1. The van der Waals surface area contributed by atoms with Crippen LogP contribution in [0.5, 0.6) is 0 Å². The van der Waals surface area contributed by atoms with Gasteiger partial charge in [-0.3, -0.25) is 9.59 Å². The maximum Gasteiger partial charge on any atom is 0.306 e. The van der Waals surface area contributed by atoms with Gasteiger partial charge in [0.25, 0.3) is 0 Å². The molecule has 6 heteroatoms. The number of H-pyrrole nitrogens is 1. The lowest BCUT2D eigenvalue weighted by Crippen LogP contribution is -2.52. The molecule has 6 nitrogen and oxygen atoms in total. The van der Waals surface area contributed by atoms with E-state index < -0.39 is 5.60 Å². The van der Waals surface area contributed by atoms with Crippen LogP contribution >= 0.6 is 0 Å². The fourth-order valence-electron chi connectivity index (χ4n) is 8.44. The van der Waals surface area contributed by atoms with E-state index in [-0.39, 0.29) is 29.4 Å². The van der Waals surface area contributed by atoms with Crippen LogP contribution in [-0.2, 0) is 20.7 Å². The van der Waals surface area contributed by atoms with Crippen LogP contribution < -0.4 is 0 Å². The van der Waals surface area contributed by atoms with Gasteiger partial charge in [0, 0.05) is 36.0 Å². The van der Waals surface area contributed by atoms with E-state index in [2.05, 4.69) is 37.0 Å². The molecule has 0 radical (unpaired) electrons. The largest absolute Gasteiger partial charge is 0.459 e. The Balaban J connectivity index is 1.16. The molecule has 1 amide bonds. The Morgan fingerprint density at radius 3 is 2.84 bits per heavy atom. The summed E-state index contributed by atoms with van der Waals surface area (Å²) in [6, 6.07) is 10.6. The Bertz CT molecular complexity index is 1250. The predicted molar refractivity (Wildman–Crippen MR) is 141 cm³/mol. The monoisotopic (exact) mass is 501 g/mol. The fourth-order valence-corrected chi connectivity index (χ4v) is 8.44. The molecule has 2 aromatic rings. The number of para-hydroxylation sites is 1. The molecule has 37 heavy (non-hydrogen) atoms. The van der Waals surface area contributed by atoms with E-state index in [0.29, 0.717) is 37.0 Å². The number of fused-ring (bicyclic) bond motifs is 4. The number of nitriles is 1. The first-order valence-corrected chi connectivity index (χ1v) is 14.3. The van der Waals surface area contributed by atoms with Crippen LogP contribution in [0.25, 0.3) is 10.9 Å². The van der Waals surface area contributed by atoms with Crippen molar-refractivity contribution in [3.05, 3.63) is 36.0 Å². The van der Waals surface area contributed by atoms with Crippen molar-refractivity contribution < 1.29 is 14.3 Å². The average molecular weight is 502 g/mol. The number of likely N-dealkylation sites (tertiary alicyclic amines) is 1. The van der Waals surface area contributed by atoms with Crippen molar-refractivity contribution >= 4 is 22.8 Å². The molecule has 3 saturated carbocycles. The summed E-state index contributed by atoms with van der Waals surface area (Å²) in [4.78, 5) is 32.0. The van der Waals surface area contributed by atoms with Gasteiger partial charge in [0.1, 0.15) is 11.6 Å². The van der Waals surface area contributed by atoms with Gasteiger partial charge in [-0.25, -0.2) is 0 Å². The van der Waals surface area contributed by atoms with Crippen molar-refractivity contribution in [2.75, 3.05) is 0 Å². The molecule has 1 aromatic heterocycles. The molecule has 7 unspecified atom stereocenters. The summed E-state index contributed by atoms with van der Waals surface area (Å²) >= 11 is 0. The number of ether oxygens (including phenoxy) is 1. The standard InChI is InChI=1S/C31H39N3O3/c1-3-20-10-21-13-30(2,16-28(35)34-24(17-32)11-23-12-27(23)34)19-31(14-20,15-21)37-29(36)9-8-22-18-33-26-7-5-4-6-25(22)26/h4-7,18,20-21,23-24,27,33H,3,8-16,19H2,1-2H3. The minimum Gasteiger partial charge on any atom is -0.459 e. The Kier molecular flexibility index (Phi) is 6.09. The summed E-state index contributed by atoms with van der Waals surface area (Å²) in [5, 5.41) is 10.8. The third-order valence-corrected chi connectivity index (χ3v) is 9.82. The van der Waals surface area contributed by atoms with Crippen molar-refractivity contribution in [1.82, 2.24) is 9.88 Å². The number of esters is 1. The number of nitrogens with zero attached hydrogens (tertiary/aromatic N) is 2. The highest BCUT2D eigenvalue weighted by Crippen LogP contribution is 2.57. The average Bonchev–Trinajstić information content (AvgIpc) is 3.32. The van der Waals surface area contributed by atoms with Gasteiger partial charge in [0.15, 0.2) is 0 Å². The maximum atomic E-state index is 13.5. The lowest BCUT2D eigenvalue weighted by atomic mass is 9.56. The lowest BCUT2D eigenvalue weighted by molar-refractivity contribution is -0.183. The van der Waals surface area contributed by atoms with Crippen molar-refractivity contribution in [1.29, 1.82) is 5.26 Å². The first kappa shape index (κ1) is 24.5. The van der Waals surface area contributed by atoms with Gasteiger partial charge < -0.3 is 14.6 Å². The topological polar surface area (TPSA) is 86.2 Å². The number of aromatic amines is 1. The van der Waals surface area contributed by atoms with Gasteiger partial charge in [-0.2, -0.15) is 5.26 Å². The summed E-state index contributed by atoms with van der Waals surface area (Å²) in [5.41, 5.74) is 1.55. The quantitative estimate of drug-likeness (QED) is 0.478.